The molecule has 102 valence electrons. The summed E-state index contributed by atoms with van der Waals surface area (Å²) in [7, 11) is 1.92. The van der Waals surface area contributed by atoms with E-state index >= 15 is 0 Å². The summed E-state index contributed by atoms with van der Waals surface area (Å²) in [6.45, 7) is 4.81. The minimum absolute atomic E-state index is 0.119. The molecule has 0 atom stereocenters. The Labute approximate surface area is 113 Å². The maximum atomic E-state index is 5.66. The standard InChI is InChI=1S/C14H20N4O/c1-11(2)19-14-13(5-4-7-16-14)15-8-6-12-9-17-18(3)10-12/h4-5,7,9-11,15H,6,8H2,1-3H3. The van der Waals surface area contributed by atoms with Crippen molar-refractivity contribution in [3.8, 4) is 5.88 Å². The van der Waals surface area contributed by atoms with E-state index < -0.39 is 0 Å². The fourth-order valence-electron chi connectivity index (χ4n) is 1.79. The number of aryl methyl sites for hydroxylation is 1. The first-order valence-corrected chi connectivity index (χ1v) is 6.48. The van der Waals surface area contributed by atoms with Crippen LogP contribution in [0, 0.1) is 0 Å². The fraction of sp³-hybridized carbons (Fsp3) is 0.429. The lowest BCUT2D eigenvalue weighted by Crippen LogP contribution is -2.11. The van der Waals surface area contributed by atoms with Crippen LogP contribution in [0.2, 0.25) is 0 Å². The molecule has 19 heavy (non-hydrogen) atoms. The first-order valence-electron chi connectivity index (χ1n) is 6.48. The van der Waals surface area contributed by atoms with Crippen molar-refractivity contribution in [2.75, 3.05) is 11.9 Å². The molecule has 0 spiro atoms. The molecule has 0 saturated carbocycles. The number of ether oxygens (including phenoxy) is 1. The number of nitrogens with one attached hydrogen (secondary N) is 1. The first kappa shape index (κ1) is 13.4. The lowest BCUT2D eigenvalue weighted by atomic mass is 10.2. The lowest BCUT2D eigenvalue weighted by Gasteiger charge is -2.13. The Balaban J connectivity index is 1.92. The molecular formula is C14H20N4O. The predicted octanol–water partition coefficient (Wildman–Crippen LogP) is 2.26. The van der Waals surface area contributed by atoms with E-state index in [-0.39, 0.29) is 6.10 Å². The van der Waals surface area contributed by atoms with Crippen LogP contribution in [-0.4, -0.2) is 27.4 Å². The Morgan fingerprint density at radius 3 is 2.95 bits per heavy atom. The van der Waals surface area contributed by atoms with Crippen molar-refractivity contribution in [2.24, 2.45) is 7.05 Å². The zero-order valence-electron chi connectivity index (χ0n) is 11.6. The molecule has 0 aromatic carbocycles. The highest BCUT2D eigenvalue weighted by Gasteiger charge is 2.06. The van der Waals surface area contributed by atoms with Crippen LogP contribution in [0.15, 0.2) is 30.7 Å². The Morgan fingerprint density at radius 1 is 1.42 bits per heavy atom. The second kappa shape index (κ2) is 6.22. The second-order valence-electron chi connectivity index (χ2n) is 4.72. The number of pyridine rings is 1. The minimum atomic E-state index is 0.119. The number of hydrogen-bond donors (Lipinski definition) is 1. The van der Waals surface area contributed by atoms with Gasteiger partial charge in [0.2, 0.25) is 5.88 Å². The Hall–Kier alpha value is -2.04. The van der Waals surface area contributed by atoms with Crippen LogP contribution in [0.3, 0.4) is 0 Å². The molecule has 0 aliphatic carbocycles. The van der Waals surface area contributed by atoms with E-state index in [1.54, 1.807) is 6.20 Å². The summed E-state index contributed by atoms with van der Waals surface area (Å²) in [6, 6.07) is 3.88. The van der Waals surface area contributed by atoms with Gasteiger partial charge in [0, 0.05) is 26.0 Å². The van der Waals surface area contributed by atoms with Gasteiger partial charge in [-0.1, -0.05) is 0 Å². The Bertz CT molecular complexity index is 522. The van der Waals surface area contributed by atoms with E-state index in [0.717, 1.165) is 18.7 Å². The maximum absolute atomic E-state index is 5.66. The van der Waals surface area contributed by atoms with Crippen LogP contribution in [0.4, 0.5) is 5.69 Å². The zero-order chi connectivity index (χ0) is 13.7. The molecule has 0 saturated heterocycles. The number of nitrogens with zero attached hydrogens (tertiary/aromatic N) is 3. The lowest BCUT2D eigenvalue weighted by molar-refractivity contribution is 0.234. The molecule has 2 heterocycles. The Kier molecular flexibility index (Phi) is 4.39. The monoisotopic (exact) mass is 260 g/mol. The van der Waals surface area contributed by atoms with Crippen LogP contribution in [0.5, 0.6) is 5.88 Å². The summed E-state index contributed by atoms with van der Waals surface area (Å²) in [6.07, 6.45) is 6.69. The van der Waals surface area contributed by atoms with Gasteiger partial charge in [0.05, 0.1) is 18.0 Å². The van der Waals surface area contributed by atoms with Gasteiger partial charge in [-0.05, 0) is 38.0 Å². The molecule has 2 rings (SSSR count). The van der Waals surface area contributed by atoms with Crippen LogP contribution in [0.1, 0.15) is 19.4 Å². The number of hydrogen-bond acceptors (Lipinski definition) is 4. The van der Waals surface area contributed by atoms with Gasteiger partial charge in [-0.15, -0.1) is 0 Å². The van der Waals surface area contributed by atoms with Gasteiger partial charge in [-0.2, -0.15) is 5.10 Å². The number of aromatic nitrogens is 3. The summed E-state index contributed by atoms with van der Waals surface area (Å²) in [5.74, 6) is 0.656. The average Bonchev–Trinajstić information content (AvgIpc) is 2.77. The van der Waals surface area contributed by atoms with E-state index in [1.807, 2.05) is 50.1 Å². The number of anilines is 1. The van der Waals surface area contributed by atoms with Crippen LogP contribution in [0.25, 0.3) is 0 Å². The molecule has 0 bridgehead atoms. The number of rotatable bonds is 6. The van der Waals surface area contributed by atoms with Gasteiger partial charge in [-0.25, -0.2) is 4.98 Å². The molecule has 5 heteroatoms. The molecule has 0 unspecified atom stereocenters. The van der Waals surface area contributed by atoms with Crippen molar-refractivity contribution in [3.63, 3.8) is 0 Å². The van der Waals surface area contributed by atoms with Crippen LogP contribution < -0.4 is 10.1 Å². The third-order valence-electron chi connectivity index (χ3n) is 2.61. The summed E-state index contributed by atoms with van der Waals surface area (Å²) in [5.41, 5.74) is 2.14. The smallest absolute Gasteiger partial charge is 0.237 e. The zero-order valence-corrected chi connectivity index (χ0v) is 11.6. The van der Waals surface area contributed by atoms with Crippen molar-refractivity contribution in [1.29, 1.82) is 0 Å². The highest BCUT2D eigenvalue weighted by atomic mass is 16.5. The molecule has 2 aromatic rings. The summed E-state index contributed by atoms with van der Waals surface area (Å²) in [4.78, 5) is 4.25. The molecule has 1 N–H and O–H groups in total. The molecular weight excluding hydrogens is 240 g/mol. The predicted molar refractivity (Wildman–Crippen MR) is 75.4 cm³/mol. The van der Waals surface area contributed by atoms with E-state index in [4.69, 9.17) is 4.74 Å². The van der Waals surface area contributed by atoms with Crippen LogP contribution >= 0.6 is 0 Å². The molecule has 5 nitrogen and oxygen atoms in total. The molecule has 0 aliphatic heterocycles. The van der Waals surface area contributed by atoms with Crippen molar-refractivity contribution >= 4 is 5.69 Å². The molecule has 0 radical (unpaired) electrons. The second-order valence-corrected chi connectivity index (χ2v) is 4.72. The Morgan fingerprint density at radius 2 is 2.26 bits per heavy atom. The molecule has 2 aromatic heterocycles. The third-order valence-corrected chi connectivity index (χ3v) is 2.61. The van der Waals surface area contributed by atoms with Crippen molar-refractivity contribution in [2.45, 2.75) is 26.4 Å². The highest BCUT2D eigenvalue weighted by Crippen LogP contribution is 2.21. The molecule has 0 amide bonds. The quantitative estimate of drug-likeness (QED) is 0.865. The van der Waals surface area contributed by atoms with Gasteiger partial charge in [0.1, 0.15) is 0 Å². The topological polar surface area (TPSA) is 52.0 Å². The van der Waals surface area contributed by atoms with E-state index in [1.165, 1.54) is 5.56 Å². The van der Waals surface area contributed by atoms with Crippen LogP contribution in [-0.2, 0) is 13.5 Å². The van der Waals surface area contributed by atoms with Crippen molar-refractivity contribution in [3.05, 3.63) is 36.3 Å². The maximum Gasteiger partial charge on any atom is 0.237 e. The molecule has 0 aliphatic rings. The summed E-state index contributed by atoms with van der Waals surface area (Å²) >= 11 is 0. The minimum Gasteiger partial charge on any atom is -0.473 e. The molecule has 0 fully saturated rings. The van der Waals surface area contributed by atoms with Gasteiger partial charge < -0.3 is 10.1 Å². The van der Waals surface area contributed by atoms with Gasteiger partial charge >= 0.3 is 0 Å². The van der Waals surface area contributed by atoms with Crippen molar-refractivity contribution < 1.29 is 4.74 Å². The summed E-state index contributed by atoms with van der Waals surface area (Å²) in [5, 5.41) is 7.50. The van der Waals surface area contributed by atoms with Gasteiger partial charge in [0.15, 0.2) is 0 Å². The SMILES string of the molecule is CC(C)Oc1ncccc1NCCc1cnn(C)c1. The highest BCUT2D eigenvalue weighted by molar-refractivity contribution is 5.52. The fourth-order valence-corrected chi connectivity index (χ4v) is 1.79. The van der Waals surface area contributed by atoms with Gasteiger partial charge in [-0.3, -0.25) is 4.68 Å². The van der Waals surface area contributed by atoms with E-state index in [2.05, 4.69) is 15.4 Å². The van der Waals surface area contributed by atoms with E-state index in [0.29, 0.717) is 5.88 Å². The van der Waals surface area contributed by atoms with E-state index in [9.17, 15) is 0 Å². The third kappa shape index (κ3) is 3.98. The summed E-state index contributed by atoms with van der Waals surface area (Å²) < 4.78 is 7.47. The van der Waals surface area contributed by atoms with Gasteiger partial charge in [0.25, 0.3) is 0 Å². The van der Waals surface area contributed by atoms with Crippen molar-refractivity contribution in [1.82, 2.24) is 14.8 Å². The average molecular weight is 260 g/mol. The normalized spacial score (nSPS) is 10.7. The largest absolute Gasteiger partial charge is 0.473 e. The first-order chi connectivity index (χ1) is 9.15.